The van der Waals surface area contributed by atoms with Crippen molar-refractivity contribution in [3.63, 3.8) is 0 Å². The summed E-state index contributed by atoms with van der Waals surface area (Å²) >= 11 is 0. The van der Waals surface area contributed by atoms with E-state index in [1.54, 1.807) is 0 Å². The predicted octanol–water partition coefficient (Wildman–Crippen LogP) is 2.94. The third kappa shape index (κ3) is 2.23. The van der Waals surface area contributed by atoms with Crippen molar-refractivity contribution >= 4 is 23.3 Å². The first-order valence-electron chi connectivity index (χ1n) is 6.65. The highest BCUT2D eigenvalue weighted by Crippen LogP contribution is 2.37. The van der Waals surface area contributed by atoms with Gasteiger partial charge >= 0.3 is 6.18 Å². The lowest BCUT2D eigenvalue weighted by atomic mass is 10.1. The molecule has 0 bridgehead atoms. The van der Waals surface area contributed by atoms with Crippen molar-refractivity contribution in [1.29, 1.82) is 0 Å². The Morgan fingerprint density at radius 3 is 1.96 bits per heavy atom. The van der Waals surface area contributed by atoms with Crippen LogP contribution in [-0.2, 0) is 0 Å². The highest BCUT2D eigenvalue weighted by Gasteiger charge is 2.45. The number of alkyl halides is 3. The molecule has 24 heavy (non-hydrogen) atoms. The number of benzene rings is 2. The molecule has 2 aromatic carbocycles. The van der Waals surface area contributed by atoms with Crippen LogP contribution in [0, 0.1) is 0 Å². The number of nitrogens with zero attached hydrogens (tertiary/aromatic N) is 1. The molecule has 0 spiro atoms. The lowest BCUT2D eigenvalue weighted by Gasteiger charge is -2.19. The van der Waals surface area contributed by atoms with Gasteiger partial charge in [-0.15, -0.1) is 0 Å². The van der Waals surface area contributed by atoms with Gasteiger partial charge in [0.15, 0.2) is 0 Å². The molecule has 0 radical (unpaired) electrons. The molecule has 1 aliphatic rings. The molecule has 0 fully saturated rings. The molecule has 0 unspecified atom stereocenters. The number of imide groups is 1. The monoisotopic (exact) mass is 335 g/mol. The van der Waals surface area contributed by atoms with Crippen LogP contribution in [0.15, 0.2) is 42.5 Å². The fourth-order valence-corrected chi connectivity index (χ4v) is 2.50. The summed E-state index contributed by atoms with van der Waals surface area (Å²) in [7, 11) is 0. The van der Waals surface area contributed by atoms with E-state index >= 15 is 0 Å². The van der Waals surface area contributed by atoms with Crippen LogP contribution in [0.2, 0.25) is 0 Å². The molecule has 8 heteroatoms. The second-order valence-electron chi connectivity index (χ2n) is 4.99. The highest BCUT2D eigenvalue weighted by atomic mass is 19.4. The summed E-state index contributed by atoms with van der Waals surface area (Å²) in [6.07, 6.45) is -5.27. The molecule has 1 N–H and O–H groups in total. The van der Waals surface area contributed by atoms with Crippen LogP contribution in [-0.4, -0.2) is 28.9 Å². The number of amides is 2. The number of halogens is 3. The fraction of sp³-hybridized carbons (Fsp3) is 0.0625. The minimum atomic E-state index is -5.27. The Kier molecular flexibility index (Phi) is 3.40. The molecular weight excluding hydrogens is 327 g/mol. The molecule has 3 rings (SSSR count). The molecule has 0 atom stereocenters. The number of phenols is 1. The van der Waals surface area contributed by atoms with E-state index in [2.05, 4.69) is 0 Å². The first-order valence-corrected chi connectivity index (χ1v) is 6.65. The fourth-order valence-electron chi connectivity index (χ4n) is 2.50. The van der Waals surface area contributed by atoms with Crippen molar-refractivity contribution in [1.82, 2.24) is 0 Å². The van der Waals surface area contributed by atoms with Crippen LogP contribution in [0.4, 0.5) is 18.9 Å². The summed E-state index contributed by atoms with van der Waals surface area (Å²) in [5, 5.41) is 9.70. The van der Waals surface area contributed by atoms with E-state index < -0.39 is 40.8 Å². The standard InChI is InChI=1S/C16H8F3NO4/c17-16(18,19)13(22)12-10(6-3-7-11(12)21)20-14(23)8-4-1-2-5-9(8)15(20)24/h1-7,21H. The van der Waals surface area contributed by atoms with Crippen molar-refractivity contribution in [2.75, 3.05) is 4.90 Å². The molecule has 5 nitrogen and oxygen atoms in total. The molecule has 122 valence electrons. The maximum absolute atomic E-state index is 12.8. The number of carbonyl (C=O) groups excluding carboxylic acids is 3. The van der Waals surface area contributed by atoms with E-state index in [0.29, 0.717) is 4.90 Å². The molecule has 0 aromatic heterocycles. The summed E-state index contributed by atoms with van der Waals surface area (Å²) in [5.41, 5.74) is -1.73. The first kappa shape index (κ1) is 15.7. The number of ketones is 1. The van der Waals surface area contributed by atoms with Gasteiger partial charge in [-0.3, -0.25) is 14.4 Å². The molecule has 2 amide bonds. The average molecular weight is 335 g/mol. The molecule has 0 saturated carbocycles. The minimum Gasteiger partial charge on any atom is -0.507 e. The van der Waals surface area contributed by atoms with Gasteiger partial charge < -0.3 is 5.11 Å². The van der Waals surface area contributed by atoms with Crippen molar-refractivity contribution in [3.8, 4) is 5.75 Å². The summed E-state index contributed by atoms with van der Waals surface area (Å²) in [6.45, 7) is 0. The molecule has 1 aliphatic heterocycles. The number of hydrogen-bond acceptors (Lipinski definition) is 4. The number of rotatable bonds is 2. The van der Waals surface area contributed by atoms with E-state index in [0.717, 1.165) is 18.2 Å². The van der Waals surface area contributed by atoms with Crippen LogP contribution >= 0.6 is 0 Å². The summed E-state index contributed by atoms with van der Waals surface area (Å²) in [4.78, 5) is 36.8. The van der Waals surface area contributed by atoms with Gasteiger partial charge in [0, 0.05) is 0 Å². The van der Waals surface area contributed by atoms with Crippen LogP contribution in [0.5, 0.6) is 5.75 Å². The maximum Gasteiger partial charge on any atom is 0.455 e. The van der Waals surface area contributed by atoms with Gasteiger partial charge in [0.05, 0.1) is 22.4 Å². The van der Waals surface area contributed by atoms with Crippen LogP contribution < -0.4 is 4.90 Å². The normalized spacial score (nSPS) is 14.0. The zero-order valence-corrected chi connectivity index (χ0v) is 11.8. The smallest absolute Gasteiger partial charge is 0.455 e. The van der Waals surface area contributed by atoms with Crippen LogP contribution in [0.25, 0.3) is 0 Å². The quantitative estimate of drug-likeness (QED) is 0.676. The number of Topliss-reactive ketones (excluding diaryl/α,β-unsaturated/α-hetero) is 1. The van der Waals surface area contributed by atoms with E-state index in [1.807, 2.05) is 0 Å². The lowest BCUT2D eigenvalue weighted by molar-refractivity contribution is -0.0886. The van der Waals surface area contributed by atoms with E-state index in [1.165, 1.54) is 24.3 Å². The zero-order valence-electron chi connectivity index (χ0n) is 11.8. The molecule has 0 aliphatic carbocycles. The second-order valence-corrected chi connectivity index (χ2v) is 4.99. The predicted molar refractivity (Wildman–Crippen MR) is 76.1 cm³/mol. The van der Waals surface area contributed by atoms with Gasteiger partial charge in [0.1, 0.15) is 5.75 Å². The van der Waals surface area contributed by atoms with Gasteiger partial charge in [-0.05, 0) is 24.3 Å². The van der Waals surface area contributed by atoms with Gasteiger partial charge in [-0.1, -0.05) is 18.2 Å². The first-order chi connectivity index (χ1) is 11.2. The lowest BCUT2D eigenvalue weighted by Crippen LogP contribution is -2.33. The van der Waals surface area contributed by atoms with Crippen molar-refractivity contribution in [3.05, 3.63) is 59.2 Å². The number of phenolic OH excluding ortho intramolecular Hbond substituents is 1. The zero-order chi connectivity index (χ0) is 17.6. The Morgan fingerprint density at radius 2 is 1.46 bits per heavy atom. The van der Waals surface area contributed by atoms with Crippen LogP contribution in [0.3, 0.4) is 0 Å². The number of fused-ring (bicyclic) bond motifs is 1. The average Bonchev–Trinajstić information content (AvgIpc) is 2.77. The SMILES string of the molecule is O=C1c2ccccc2C(=O)N1c1cccc(O)c1C(=O)C(F)(F)F. The van der Waals surface area contributed by atoms with Crippen molar-refractivity contribution in [2.24, 2.45) is 0 Å². The van der Waals surface area contributed by atoms with E-state index in [-0.39, 0.29) is 11.1 Å². The summed E-state index contributed by atoms with van der Waals surface area (Å²) in [6, 6.07) is 8.71. The van der Waals surface area contributed by atoms with E-state index in [9.17, 15) is 32.7 Å². The van der Waals surface area contributed by atoms with E-state index in [4.69, 9.17) is 0 Å². The minimum absolute atomic E-state index is 0.0104. The summed E-state index contributed by atoms with van der Waals surface area (Å²) < 4.78 is 38.4. The van der Waals surface area contributed by atoms with Gasteiger partial charge in [-0.25, -0.2) is 4.90 Å². The Balaban J connectivity index is 2.19. The van der Waals surface area contributed by atoms with Gasteiger partial charge in [-0.2, -0.15) is 13.2 Å². The summed E-state index contributed by atoms with van der Waals surface area (Å²) in [5.74, 6) is -5.03. The maximum atomic E-state index is 12.8. The van der Waals surface area contributed by atoms with Crippen molar-refractivity contribution in [2.45, 2.75) is 6.18 Å². The Labute approximate surface area is 132 Å². The number of aromatic hydroxyl groups is 1. The van der Waals surface area contributed by atoms with Gasteiger partial charge in [0.2, 0.25) is 0 Å². The largest absolute Gasteiger partial charge is 0.507 e. The number of hydrogen-bond donors (Lipinski definition) is 1. The van der Waals surface area contributed by atoms with Gasteiger partial charge in [0.25, 0.3) is 17.6 Å². The number of anilines is 1. The topological polar surface area (TPSA) is 74.7 Å². The Morgan fingerprint density at radius 1 is 0.917 bits per heavy atom. The molecule has 2 aromatic rings. The molecule has 0 saturated heterocycles. The molecule has 1 heterocycles. The third-order valence-corrected chi connectivity index (χ3v) is 3.54. The Bertz CT molecular complexity index is 854. The molecular formula is C16H8F3NO4. The van der Waals surface area contributed by atoms with Crippen molar-refractivity contribution < 1.29 is 32.7 Å². The second kappa shape index (κ2) is 5.19. The number of carbonyl (C=O) groups is 3. The highest BCUT2D eigenvalue weighted by molar-refractivity contribution is 6.35. The Hall–Kier alpha value is -3.16. The third-order valence-electron chi connectivity index (χ3n) is 3.54. The van der Waals surface area contributed by atoms with Crippen LogP contribution in [0.1, 0.15) is 31.1 Å².